The minimum atomic E-state index is -2.00. The normalized spacial score (nSPS) is 20.5. The van der Waals surface area contributed by atoms with E-state index < -0.39 is 5.79 Å². The van der Waals surface area contributed by atoms with Crippen molar-refractivity contribution >= 4 is 29.8 Å². The summed E-state index contributed by atoms with van der Waals surface area (Å²) in [7, 11) is 3.61. The fourth-order valence-corrected chi connectivity index (χ4v) is 4.62. The highest BCUT2D eigenvalue weighted by Crippen LogP contribution is 2.57. The summed E-state index contributed by atoms with van der Waals surface area (Å²) in [4.78, 5) is 14.6. The van der Waals surface area contributed by atoms with E-state index in [1.807, 2.05) is 6.82 Å². The van der Waals surface area contributed by atoms with Crippen LogP contribution in [0.4, 0.5) is 0 Å². The molecule has 1 aliphatic heterocycles. The molecule has 2 aromatic rings. The van der Waals surface area contributed by atoms with Crippen LogP contribution in [0.25, 0.3) is 10.8 Å². The van der Waals surface area contributed by atoms with Crippen molar-refractivity contribution in [3.05, 3.63) is 39.3 Å². The molecule has 2 fully saturated rings. The van der Waals surface area contributed by atoms with Gasteiger partial charge >= 0.3 is 0 Å². The van der Waals surface area contributed by atoms with Crippen molar-refractivity contribution in [1.82, 2.24) is 14.6 Å². The Morgan fingerprint density at radius 3 is 2.68 bits per heavy atom. The van der Waals surface area contributed by atoms with Crippen LogP contribution in [0.2, 0.25) is 11.8 Å². The lowest BCUT2D eigenvalue weighted by atomic mass is 9.53. The Balaban J connectivity index is 1.69. The standard InChI is InChI=1S/C17H20BClN3O3/c1-18-22-8-16(9-22)5-10(6-16)17(24,25)12-3-4-13(19)14-11(12)7-20-21(2)15(14)23/h3-4,7,10,24-25H,5-6,8-9H2,1-2H3. The van der Waals surface area contributed by atoms with Crippen LogP contribution in [0, 0.1) is 11.3 Å². The zero-order valence-electron chi connectivity index (χ0n) is 14.2. The number of halogens is 1. The number of fused-ring (bicyclic) bond motifs is 1. The van der Waals surface area contributed by atoms with E-state index in [1.165, 1.54) is 10.9 Å². The minimum Gasteiger partial charge on any atom is -0.362 e. The first-order valence-corrected chi connectivity index (χ1v) is 8.78. The molecule has 1 saturated carbocycles. The number of aliphatic hydroxyl groups is 2. The van der Waals surface area contributed by atoms with E-state index in [0.29, 0.717) is 10.9 Å². The third-order valence-corrected chi connectivity index (χ3v) is 6.14. The number of aryl methyl sites for hydroxylation is 1. The van der Waals surface area contributed by atoms with Gasteiger partial charge in [0.1, 0.15) is 0 Å². The van der Waals surface area contributed by atoms with E-state index in [0.717, 1.165) is 25.9 Å². The molecule has 1 aromatic heterocycles. The summed E-state index contributed by atoms with van der Waals surface area (Å²) < 4.78 is 1.19. The second-order valence-electron chi connectivity index (χ2n) is 7.45. The maximum absolute atomic E-state index is 12.4. The van der Waals surface area contributed by atoms with Gasteiger partial charge in [-0.15, -0.1) is 0 Å². The fourth-order valence-electron chi connectivity index (χ4n) is 4.37. The number of aromatic nitrogens is 2. The predicted molar refractivity (Wildman–Crippen MR) is 96.5 cm³/mol. The van der Waals surface area contributed by atoms with Gasteiger partial charge in [-0.05, 0) is 37.4 Å². The summed E-state index contributed by atoms with van der Waals surface area (Å²) in [6, 6.07) is 3.14. The molecule has 0 amide bonds. The third-order valence-electron chi connectivity index (χ3n) is 5.83. The van der Waals surface area contributed by atoms with Crippen molar-refractivity contribution in [2.24, 2.45) is 18.4 Å². The molecule has 1 radical (unpaired) electrons. The van der Waals surface area contributed by atoms with E-state index in [4.69, 9.17) is 11.6 Å². The van der Waals surface area contributed by atoms with Crippen LogP contribution < -0.4 is 5.56 Å². The molecule has 1 aliphatic carbocycles. The maximum atomic E-state index is 12.4. The Kier molecular flexibility index (Phi) is 3.78. The van der Waals surface area contributed by atoms with Gasteiger partial charge in [-0.1, -0.05) is 24.5 Å². The van der Waals surface area contributed by atoms with Crippen molar-refractivity contribution < 1.29 is 10.2 Å². The number of rotatable bonds is 3. The second kappa shape index (κ2) is 5.54. The molecule has 2 heterocycles. The largest absolute Gasteiger partial charge is 0.362 e. The van der Waals surface area contributed by atoms with Crippen LogP contribution in [0.5, 0.6) is 0 Å². The molecule has 1 aromatic carbocycles. The Bertz CT molecular complexity index is 900. The van der Waals surface area contributed by atoms with Crippen molar-refractivity contribution in [3.63, 3.8) is 0 Å². The van der Waals surface area contributed by atoms with Gasteiger partial charge in [-0.25, -0.2) is 4.68 Å². The molecule has 2 aliphatic rings. The molecule has 2 N–H and O–H groups in total. The molecule has 4 rings (SSSR count). The molecule has 8 heteroatoms. The molecule has 0 atom stereocenters. The van der Waals surface area contributed by atoms with E-state index in [1.54, 1.807) is 19.2 Å². The van der Waals surface area contributed by atoms with Crippen LogP contribution in [-0.4, -0.2) is 45.3 Å². The van der Waals surface area contributed by atoms with Crippen LogP contribution in [0.3, 0.4) is 0 Å². The van der Waals surface area contributed by atoms with Gasteiger partial charge in [0.25, 0.3) is 5.56 Å². The molecule has 1 saturated heterocycles. The quantitative estimate of drug-likeness (QED) is 0.633. The predicted octanol–water partition coefficient (Wildman–Crippen LogP) is 1.10. The molecule has 131 valence electrons. The van der Waals surface area contributed by atoms with E-state index in [-0.39, 0.29) is 27.3 Å². The Hall–Kier alpha value is -1.41. The first kappa shape index (κ1) is 17.0. The van der Waals surface area contributed by atoms with Gasteiger partial charge in [0, 0.05) is 23.9 Å². The van der Waals surface area contributed by atoms with Crippen LogP contribution in [0.15, 0.2) is 23.1 Å². The maximum Gasteiger partial charge on any atom is 0.275 e. The highest BCUT2D eigenvalue weighted by molar-refractivity contribution is 6.35. The first-order valence-electron chi connectivity index (χ1n) is 8.41. The van der Waals surface area contributed by atoms with E-state index >= 15 is 0 Å². The van der Waals surface area contributed by atoms with Crippen molar-refractivity contribution in [2.75, 3.05) is 13.1 Å². The zero-order chi connectivity index (χ0) is 18.0. The molecular formula is C17H20BClN3O3. The summed E-state index contributed by atoms with van der Waals surface area (Å²) >= 11 is 6.18. The number of nitrogens with zero attached hydrogens (tertiary/aromatic N) is 3. The fraction of sp³-hybridized carbons (Fsp3) is 0.529. The average Bonchev–Trinajstić information content (AvgIpc) is 2.48. The van der Waals surface area contributed by atoms with Crippen molar-refractivity contribution in [3.8, 4) is 0 Å². The zero-order valence-corrected chi connectivity index (χ0v) is 15.0. The summed E-state index contributed by atoms with van der Waals surface area (Å²) in [6.45, 7) is 3.96. The minimum absolute atomic E-state index is 0.199. The summed E-state index contributed by atoms with van der Waals surface area (Å²) in [5.74, 6) is -2.27. The average molecular weight is 361 g/mol. The monoisotopic (exact) mass is 360 g/mol. The summed E-state index contributed by atoms with van der Waals surface area (Å²) in [6.07, 6.45) is 2.99. The Morgan fingerprint density at radius 1 is 1.36 bits per heavy atom. The second-order valence-corrected chi connectivity index (χ2v) is 7.86. The van der Waals surface area contributed by atoms with E-state index in [2.05, 4.69) is 17.3 Å². The van der Waals surface area contributed by atoms with Gasteiger partial charge < -0.3 is 15.0 Å². The molecule has 0 unspecified atom stereocenters. The summed E-state index contributed by atoms with van der Waals surface area (Å²) in [5.41, 5.74) is 0.151. The highest BCUT2D eigenvalue weighted by Gasteiger charge is 2.57. The van der Waals surface area contributed by atoms with Crippen LogP contribution in [-0.2, 0) is 12.8 Å². The van der Waals surface area contributed by atoms with Crippen LogP contribution in [0.1, 0.15) is 18.4 Å². The SMILES string of the molecule is C[B]N1CC2(CC(C(O)(O)c3ccc(Cl)c4c(=O)n(C)ncc34)C2)C1. The van der Waals surface area contributed by atoms with Gasteiger partial charge in [-0.3, -0.25) is 4.79 Å². The highest BCUT2D eigenvalue weighted by atomic mass is 35.5. The third kappa shape index (κ3) is 2.45. The summed E-state index contributed by atoms with van der Waals surface area (Å²) in [5, 5.41) is 26.7. The lowest BCUT2D eigenvalue weighted by molar-refractivity contribution is -0.260. The molecule has 0 bridgehead atoms. The lowest BCUT2D eigenvalue weighted by Crippen LogP contribution is -2.65. The number of hydrogen-bond acceptors (Lipinski definition) is 5. The molecule has 1 spiro atoms. The van der Waals surface area contributed by atoms with Gasteiger partial charge in [0.05, 0.1) is 16.6 Å². The van der Waals surface area contributed by atoms with Gasteiger partial charge in [-0.2, -0.15) is 5.10 Å². The van der Waals surface area contributed by atoms with Crippen LogP contribution >= 0.6 is 11.6 Å². The number of benzene rings is 1. The molecular weight excluding hydrogens is 340 g/mol. The topological polar surface area (TPSA) is 78.6 Å². The van der Waals surface area contributed by atoms with Crippen molar-refractivity contribution in [1.29, 1.82) is 0 Å². The van der Waals surface area contributed by atoms with E-state index in [9.17, 15) is 15.0 Å². The molecule has 6 nitrogen and oxygen atoms in total. The number of hydrogen-bond donors (Lipinski definition) is 2. The smallest absolute Gasteiger partial charge is 0.275 e. The van der Waals surface area contributed by atoms with Gasteiger partial charge in [0.2, 0.25) is 7.41 Å². The molecule has 25 heavy (non-hydrogen) atoms. The first-order chi connectivity index (χ1) is 11.8. The Morgan fingerprint density at radius 2 is 2.04 bits per heavy atom. The Labute approximate surface area is 151 Å². The lowest BCUT2D eigenvalue weighted by Gasteiger charge is -2.61. The van der Waals surface area contributed by atoms with Gasteiger partial charge in [0.15, 0.2) is 5.79 Å². The van der Waals surface area contributed by atoms with Crippen molar-refractivity contribution in [2.45, 2.75) is 25.5 Å².